The van der Waals surface area contributed by atoms with Gasteiger partial charge in [0.15, 0.2) is 0 Å². The van der Waals surface area contributed by atoms with Crippen molar-refractivity contribution < 1.29 is 13.9 Å². The van der Waals surface area contributed by atoms with Crippen LogP contribution in [0.25, 0.3) is 11.3 Å². The van der Waals surface area contributed by atoms with Crippen LogP contribution >= 0.6 is 0 Å². The van der Waals surface area contributed by atoms with Crippen molar-refractivity contribution in [2.24, 2.45) is 0 Å². The summed E-state index contributed by atoms with van der Waals surface area (Å²) in [7, 11) is 0. The van der Waals surface area contributed by atoms with E-state index in [0.717, 1.165) is 29.3 Å². The average molecular weight is 349 g/mol. The number of rotatable bonds is 9. The molecule has 0 bridgehead atoms. The zero-order valence-electron chi connectivity index (χ0n) is 14.7. The Bertz CT molecular complexity index is 797. The number of para-hydroxylation sites is 1. The van der Waals surface area contributed by atoms with Crippen molar-refractivity contribution in [3.8, 4) is 17.1 Å². The summed E-state index contributed by atoms with van der Waals surface area (Å²) in [5.41, 5.74) is 1.04. The monoisotopic (exact) mass is 349 g/mol. The summed E-state index contributed by atoms with van der Waals surface area (Å²) in [5, 5.41) is 2.92. The number of benzene rings is 2. The number of carbonyl (C=O) groups excluding carboxylic acids is 1. The van der Waals surface area contributed by atoms with Gasteiger partial charge in [-0.05, 0) is 30.7 Å². The topological polar surface area (TPSA) is 51.5 Å². The molecule has 3 aromatic rings. The first-order valence-corrected chi connectivity index (χ1v) is 8.90. The Labute approximate surface area is 153 Å². The third-order valence-corrected chi connectivity index (χ3v) is 3.97. The van der Waals surface area contributed by atoms with Gasteiger partial charge in [0.2, 0.25) is 5.91 Å². The molecule has 0 unspecified atom stereocenters. The predicted octanol–water partition coefficient (Wildman–Crippen LogP) is 4.46. The van der Waals surface area contributed by atoms with Gasteiger partial charge in [0.25, 0.3) is 0 Å². The van der Waals surface area contributed by atoms with Crippen LogP contribution in [-0.2, 0) is 11.2 Å². The lowest BCUT2D eigenvalue weighted by Crippen LogP contribution is -2.25. The third-order valence-electron chi connectivity index (χ3n) is 3.97. The highest BCUT2D eigenvalue weighted by Crippen LogP contribution is 2.22. The Hall–Kier alpha value is -3.01. The molecule has 0 saturated carbocycles. The minimum absolute atomic E-state index is 0.0300. The summed E-state index contributed by atoms with van der Waals surface area (Å²) in [6, 6.07) is 23.5. The summed E-state index contributed by atoms with van der Waals surface area (Å²) in [5.74, 6) is 2.54. The molecular weight excluding hydrogens is 326 g/mol. The Morgan fingerprint density at radius 3 is 2.42 bits per heavy atom. The van der Waals surface area contributed by atoms with Gasteiger partial charge < -0.3 is 14.5 Å². The predicted molar refractivity (Wildman–Crippen MR) is 102 cm³/mol. The van der Waals surface area contributed by atoms with Gasteiger partial charge in [0.05, 0.1) is 6.61 Å². The van der Waals surface area contributed by atoms with Crippen LogP contribution in [0.15, 0.2) is 77.2 Å². The van der Waals surface area contributed by atoms with Gasteiger partial charge in [0, 0.05) is 24.9 Å². The molecule has 1 amide bonds. The standard InChI is InChI=1S/C22H23NO3/c24-22(23-16-7-17-25-19-10-5-2-6-11-19)15-13-20-12-14-21(26-20)18-8-3-1-4-9-18/h1-6,8-12,14H,7,13,15-17H2,(H,23,24). The van der Waals surface area contributed by atoms with E-state index in [1.165, 1.54) is 0 Å². The largest absolute Gasteiger partial charge is 0.494 e. The highest BCUT2D eigenvalue weighted by Gasteiger charge is 2.07. The van der Waals surface area contributed by atoms with Gasteiger partial charge in [0.1, 0.15) is 17.3 Å². The fourth-order valence-electron chi connectivity index (χ4n) is 2.60. The molecule has 0 atom stereocenters. The molecule has 26 heavy (non-hydrogen) atoms. The third kappa shape index (κ3) is 5.52. The SMILES string of the molecule is O=C(CCc1ccc(-c2ccccc2)o1)NCCCOc1ccccc1. The van der Waals surface area contributed by atoms with Crippen LogP contribution in [-0.4, -0.2) is 19.1 Å². The lowest BCUT2D eigenvalue weighted by molar-refractivity contribution is -0.121. The van der Waals surface area contributed by atoms with Gasteiger partial charge >= 0.3 is 0 Å². The van der Waals surface area contributed by atoms with Crippen molar-refractivity contribution in [3.05, 3.63) is 78.6 Å². The van der Waals surface area contributed by atoms with Crippen molar-refractivity contribution in [1.82, 2.24) is 5.32 Å². The summed E-state index contributed by atoms with van der Waals surface area (Å²) in [4.78, 5) is 11.9. The van der Waals surface area contributed by atoms with E-state index in [1.54, 1.807) is 0 Å². The quantitative estimate of drug-likeness (QED) is 0.580. The zero-order valence-corrected chi connectivity index (χ0v) is 14.7. The maximum absolute atomic E-state index is 11.9. The first-order valence-electron chi connectivity index (χ1n) is 8.90. The smallest absolute Gasteiger partial charge is 0.220 e. The first kappa shape index (κ1) is 17.8. The van der Waals surface area contributed by atoms with E-state index in [1.807, 2.05) is 72.8 Å². The molecule has 1 aromatic heterocycles. The average Bonchev–Trinajstić information content (AvgIpc) is 3.17. The van der Waals surface area contributed by atoms with Gasteiger partial charge in [-0.1, -0.05) is 48.5 Å². The number of amides is 1. The van der Waals surface area contributed by atoms with E-state index >= 15 is 0 Å². The number of carbonyl (C=O) groups is 1. The molecule has 3 rings (SSSR count). The number of aryl methyl sites for hydroxylation is 1. The molecule has 4 heteroatoms. The van der Waals surface area contributed by atoms with E-state index in [9.17, 15) is 4.79 Å². The Kier molecular flexibility index (Phi) is 6.48. The number of hydrogen-bond acceptors (Lipinski definition) is 3. The minimum Gasteiger partial charge on any atom is -0.494 e. The molecule has 0 aliphatic rings. The van der Waals surface area contributed by atoms with Crippen molar-refractivity contribution in [2.45, 2.75) is 19.3 Å². The summed E-state index contributed by atoms with van der Waals surface area (Å²) < 4.78 is 11.4. The summed E-state index contributed by atoms with van der Waals surface area (Å²) in [6.07, 6.45) is 1.79. The van der Waals surface area contributed by atoms with E-state index < -0.39 is 0 Å². The van der Waals surface area contributed by atoms with E-state index in [0.29, 0.717) is 26.0 Å². The van der Waals surface area contributed by atoms with E-state index in [4.69, 9.17) is 9.15 Å². The second-order valence-corrected chi connectivity index (χ2v) is 6.00. The fraction of sp³-hybridized carbons (Fsp3) is 0.227. The van der Waals surface area contributed by atoms with Crippen LogP contribution in [0.3, 0.4) is 0 Å². The van der Waals surface area contributed by atoms with Crippen LogP contribution in [0.4, 0.5) is 0 Å². The molecule has 0 fully saturated rings. The summed E-state index contributed by atoms with van der Waals surface area (Å²) in [6.45, 7) is 1.20. The summed E-state index contributed by atoms with van der Waals surface area (Å²) >= 11 is 0. The number of furan rings is 1. The van der Waals surface area contributed by atoms with Crippen molar-refractivity contribution in [3.63, 3.8) is 0 Å². The first-order chi connectivity index (χ1) is 12.8. The molecule has 1 heterocycles. The lowest BCUT2D eigenvalue weighted by atomic mass is 10.2. The zero-order chi connectivity index (χ0) is 18.0. The normalized spacial score (nSPS) is 10.5. The second kappa shape index (κ2) is 9.47. The highest BCUT2D eigenvalue weighted by atomic mass is 16.5. The fourth-order valence-corrected chi connectivity index (χ4v) is 2.60. The molecule has 2 aromatic carbocycles. The Morgan fingerprint density at radius 1 is 0.923 bits per heavy atom. The van der Waals surface area contributed by atoms with Crippen molar-refractivity contribution >= 4 is 5.91 Å². The number of nitrogens with one attached hydrogen (secondary N) is 1. The van der Waals surface area contributed by atoms with Gasteiger partial charge in [-0.15, -0.1) is 0 Å². The molecule has 134 valence electrons. The van der Waals surface area contributed by atoms with Crippen molar-refractivity contribution in [2.75, 3.05) is 13.2 Å². The molecule has 0 aliphatic carbocycles. The molecule has 0 saturated heterocycles. The second-order valence-electron chi connectivity index (χ2n) is 6.00. The molecular formula is C22H23NO3. The van der Waals surface area contributed by atoms with Gasteiger partial charge in [-0.3, -0.25) is 4.79 Å². The lowest BCUT2D eigenvalue weighted by Gasteiger charge is -2.07. The van der Waals surface area contributed by atoms with Gasteiger partial charge in [-0.2, -0.15) is 0 Å². The number of ether oxygens (including phenoxy) is 1. The van der Waals surface area contributed by atoms with Crippen molar-refractivity contribution in [1.29, 1.82) is 0 Å². The molecule has 0 aliphatic heterocycles. The molecule has 0 spiro atoms. The molecule has 4 nitrogen and oxygen atoms in total. The van der Waals surface area contributed by atoms with Crippen LogP contribution in [0.1, 0.15) is 18.6 Å². The van der Waals surface area contributed by atoms with Crippen LogP contribution in [0.5, 0.6) is 5.75 Å². The van der Waals surface area contributed by atoms with Crippen LogP contribution in [0, 0.1) is 0 Å². The van der Waals surface area contributed by atoms with Gasteiger partial charge in [-0.25, -0.2) is 0 Å². The van der Waals surface area contributed by atoms with Crippen LogP contribution < -0.4 is 10.1 Å². The maximum Gasteiger partial charge on any atom is 0.220 e. The highest BCUT2D eigenvalue weighted by molar-refractivity contribution is 5.76. The Balaban J connectivity index is 1.32. The molecule has 1 N–H and O–H groups in total. The van der Waals surface area contributed by atoms with E-state index in [-0.39, 0.29) is 5.91 Å². The minimum atomic E-state index is 0.0300. The molecule has 0 radical (unpaired) electrons. The van der Waals surface area contributed by atoms with E-state index in [2.05, 4.69) is 5.32 Å². The maximum atomic E-state index is 11.9. The number of hydrogen-bond donors (Lipinski definition) is 1. The van der Waals surface area contributed by atoms with Crippen LogP contribution in [0.2, 0.25) is 0 Å². The Morgan fingerprint density at radius 2 is 1.65 bits per heavy atom.